The number of nitrogens with zero attached hydrogens (tertiary/aromatic N) is 1. The molecule has 0 amide bonds. The highest BCUT2D eigenvalue weighted by Gasteiger charge is 2.38. The number of likely N-dealkylation sites (tertiary alicyclic amines) is 1. The Kier molecular flexibility index (Phi) is 6.53. The number of ether oxygens (including phenoxy) is 2. The van der Waals surface area contributed by atoms with E-state index in [2.05, 4.69) is 55.1 Å². The predicted octanol–water partition coefficient (Wildman–Crippen LogP) is 3.84. The van der Waals surface area contributed by atoms with Crippen LogP contribution in [0.4, 0.5) is 0 Å². The van der Waals surface area contributed by atoms with E-state index in [-0.39, 0.29) is 5.54 Å². The van der Waals surface area contributed by atoms with Crippen molar-refractivity contribution in [3.8, 4) is 5.75 Å². The van der Waals surface area contributed by atoms with Gasteiger partial charge in [0.1, 0.15) is 5.75 Å². The second-order valence-corrected chi connectivity index (χ2v) is 8.19. The Balaban J connectivity index is 1.62. The number of hydrogen-bond donors (Lipinski definition) is 1. The smallest absolute Gasteiger partial charge is 0.118 e. The molecule has 0 unspecified atom stereocenters. The molecule has 2 aromatic carbocycles. The molecular weight excluding hydrogens is 336 g/mol. The van der Waals surface area contributed by atoms with Crippen molar-refractivity contribution in [2.75, 3.05) is 20.3 Å². The van der Waals surface area contributed by atoms with Crippen molar-refractivity contribution in [3.05, 3.63) is 65.7 Å². The van der Waals surface area contributed by atoms with E-state index < -0.39 is 0 Å². The van der Waals surface area contributed by atoms with Gasteiger partial charge in [0, 0.05) is 24.7 Å². The summed E-state index contributed by atoms with van der Waals surface area (Å²) < 4.78 is 11.3. The van der Waals surface area contributed by atoms with E-state index in [1.807, 2.05) is 18.2 Å². The Morgan fingerprint density at radius 3 is 2.37 bits per heavy atom. The molecule has 4 nitrogen and oxygen atoms in total. The van der Waals surface area contributed by atoms with E-state index in [1.54, 1.807) is 7.11 Å². The standard InChI is InChI=1S/C23H32N2O2/c1-23(2,24)20-13-21(17-27-16-19-7-5-4-6-8-19)25(15-20)14-18-9-11-22(26-3)12-10-18/h4-12,20-21H,13-17,24H2,1-3H3/t20-,21-/m0/s1. The molecule has 0 radical (unpaired) electrons. The number of nitrogens with two attached hydrogens (primary N) is 1. The minimum atomic E-state index is -0.174. The predicted molar refractivity (Wildman–Crippen MR) is 110 cm³/mol. The summed E-state index contributed by atoms with van der Waals surface area (Å²) in [6.45, 7) is 7.58. The van der Waals surface area contributed by atoms with Crippen LogP contribution in [-0.4, -0.2) is 36.7 Å². The largest absolute Gasteiger partial charge is 0.497 e. The topological polar surface area (TPSA) is 47.7 Å². The van der Waals surface area contributed by atoms with Gasteiger partial charge in [0.25, 0.3) is 0 Å². The quantitative estimate of drug-likeness (QED) is 0.769. The van der Waals surface area contributed by atoms with Crippen LogP contribution < -0.4 is 10.5 Å². The van der Waals surface area contributed by atoms with Crippen LogP contribution in [0.1, 0.15) is 31.4 Å². The average Bonchev–Trinajstić information content (AvgIpc) is 3.06. The van der Waals surface area contributed by atoms with Crippen molar-refractivity contribution in [3.63, 3.8) is 0 Å². The second-order valence-electron chi connectivity index (χ2n) is 8.19. The molecule has 1 fully saturated rings. The lowest BCUT2D eigenvalue weighted by Gasteiger charge is -2.27. The molecule has 27 heavy (non-hydrogen) atoms. The first-order valence-electron chi connectivity index (χ1n) is 9.73. The van der Waals surface area contributed by atoms with Gasteiger partial charge in [-0.1, -0.05) is 42.5 Å². The van der Waals surface area contributed by atoms with Crippen molar-refractivity contribution >= 4 is 0 Å². The zero-order valence-electron chi connectivity index (χ0n) is 16.7. The summed E-state index contributed by atoms with van der Waals surface area (Å²) in [4.78, 5) is 2.52. The maximum atomic E-state index is 6.43. The monoisotopic (exact) mass is 368 g/mol. The summed E-state index contributed by atoms with van der Waals surface area (Å²) in [7, 11) is 1.70. The fraction of sp³-hybridized carbons (Fsp3) is 0.478. The lowest BCUT2D eigenvalue weighted by atomic mass is 9.87. The van der Waals surface area contributed by atoms with Crippen LogP contribution in [0.25, 0.3) is 0 Å². The van der Waals surface area contributed by atoms with E-state index in [0.29, 0.717) is 18.6 Å². The first-order valence-corrected chi connectivity index (χ1v) is 9.73. The number of methoxy groups -OCH3 is 1. The zero-order chi connectivity index (χ0) is 19.3. The van der Waals surface area contributed by atoms with E-state index in [0.717, 1.165) is 31.9 Å². The third-order valence-corrected chi connectivity index (χ3v) is 5.55. The summed E-state index contributed by atoms with van der Waals surface area (Å²) in [6, 6.07) is 19.1. The first kappa shape index (κ1) is 19.9. The summed E-state index contributed by atoms with van der Waals surface area (Å²) in [5.41, 5.74) is 8.76. The van der Waals surface area contributed by atoms with Gasteiger partial charge in [-0.2, -0.15) is 0 Å². The van der Waals surface area contributed by atoms with Crippen LogP contribution in [0.3, 0.4) is 0 Å². The van der Waals surface area contributed by atoms with Crippen molar-refractivity contribution in [2.45, 2.75) is 45.0 Å². The highest BCUT2D eigenvalue weighted by molar-refractivity contribution is 5.27. The normalized spacial score (nSPS) is 20.7. The van der Waals surface area contributed by atoms with Crippen molar-refractivity contribution in [1.29, 1.82) is 0 Å². The minimum Gasteiger partial charge on any atom is -0.497 e. The Bertz CT molecular complexity index is 695. The second kappa shape index (κ2) is 8.87. The lowest BCUT2D eigenvalue weighted by Crippen LogP contribution is -2.42. The van der Waals surface area contributed by atoms with Crippen LogP contribution in [0.5, 0.6) is 5.75 Å². The SMILES string of the molecule is COc1ccc(CN2C[C@@H](C(C)(C)N)C[C@H]2COCc2ccccc2)cc1. The fourth-order valence-corrected chi connectivity index (χ4v) is 3.74. The zero-order valence-corrected chi connectivity index (χ0v) is 16.7. The summed E-state index contributed by atoms with van der Waals surface area (Å²) in [6.07, 6.45) is 1.08. The van der Waals surface area contributed by atoms with Gasteiger partial charge >= 0.3 is 0 Å². The molecule has 1 aliphatic rings. The molecule has 0 bridgehead atoms. The Morgan fingerprint density at radius 2 is 1.74 bits per heavy atom. The molecule has 1 aliphatic heterocycles. The van der Waals surface area contributed by atoms with Gasteiger partial charge in [-0.15, -0.1) is 0 Å². The van der Waals surface area contributed by atoms with Gasteiger partial charge in [-0.3, -0.25) is 4.90 Å². The minimum absolute atomic E-state index is 0.174. The van der Waals surface area contributed by atoms with Crippen LogP contribution in [0, 0.1) is 5.92 Å². The summed E-state index contributed by atoms with van der Waals surface area (Å²) in [5, 5.41) is 0. The number of rotatable bonds is 8. The average molecular weight is 369 g/mol. The van der Waals surface area contributed by atoms with Crippen molar-refractivity contribution in [2.24, 2.45) is 11.7 Å². The summed E-state index contributed by atoms with van der Waals surface area (Å²) >= 11 is 0. The van der Waals surface area contributed by atoms with E-state index in [1.165, 1.54) is 11.1 Å². The molecule has 0 spiro atoms. The third kappa shape index (κ3) is 5.55. The lowest BCUT2D eigenvalue weighted by molar-refractivity contribution is 0.0643. The summed E-state index contributed by atoms with van der Waals surface area (Å²) in [5.74, 6) is 1.37. The van der Waals surface area contributed by atoms with E-state index >= 15 is 0 Å². The van der Waals surface area contributed by atoms with Crippen molar-refractivity contribution in [1.82, 2.24) is 4.90 Å². The van der Waals surface area contributed by atoms with Gasteiger partial charge in [0.2, 0.25) is 0 Å². The van der Waals surface area contributed by atoms with Gasteiger partial charge in [-0.05, 0) is 49.4 Å². The van der Waals surface area contributed by atoms with Gasteiger partial charge < -0.3 is 15.2 Å². The number of benzene rings is 2. The molecule has 2 aromatic rings. The van der Waals surface area contributed by atoms with E-state index in [4.69, 9.17) is 15.2 Å². The fourth-order valence-electron chi connectivity index (χ4n) is 3.74. The van der Waals surface area contributed by atoms with Gasteiger partial charge in [0.15, 0.2) is 0 Å². The maximum Gasteiger partial charge on any atom is 0.118 e. The van der Waals surface area contributed by atoms with E-state index in [9.17, 15) is 0 Å². The van der Waals surface area contributed by atoms with Crippen LogP contribution in [0.15, 0.2) is 54.6 Å². The van der Waals surface area contributed by atoms with Crippen LogP contribution in [-0.2, 0) is 17.9 Å². The van der Waals surface area contributed by atoms with Crippen molar-refractivity contribution < 1.29 is 9.47 Å². The molecule has 2 N–H and O–H groups in total. The highest BCUT2D eigenvalue weighted by atomic mass is 16.5. The molecule has 0 aliphatic carbocycles. The number of hydrogen-bond acceptors (Lipinski definition) is 4. The molecule has 2 atom stereocenters. The molecule has 1 heterocycles. The van der Waals surface area contributed by atoms with Gasteiger partial charge in [0.05, 0.1) is 20.3 Å². The van der Waals surface area contributed by atoms with Gasteiger partial charge in [-0.25, -0.2) is 0 Å². The first-order chi connectivity index (χ1) is 13.0. The molecule has 146 valence electrons. The Morgan fingerprint density at radius 1 is 1.04 bits per heavy atom. The third-order valence-electron chi connectivity index (χ3n) is 5.55. The molecule has 3 rings (SSSR count). The Hall–Kier alpha value is -1.88. The molecule has 0 aromatic heterocycles. The molecule has 4 heteroatoms. The molecule has 0 saturated carbocycles. The van der Waals surface area contributed by atoms with Crippen LogP contribution in [0.2, 0.25) is 0 Å². The maximum absolute atomic E-state index is 6.43. The van der Waals surface area contributed by atoms with Crippen LogP contribution >= 0.6 is 0 Å². The Labute approximate surface area is 163 Å². The highest BCUT2D eigenvalue weighted by Crippen LogP contribution is 2.32. The molecule has 1 saturated heterocycles. The molecular formula is C23H32N2O2.